The first kappa shape index (κ1) is 16.6. The van der Waals surface area contributed by atoms with Crippen molar-refractivity contribution in [3.05, 3.63) is 72.4 Å². The third-order valence-corrected chi connectivity index (χ3v) is 4.63. The molecule has 2 aromatic heterocycles. The summed E-state index contributed by atoms with van der Waals surface area (Å²) in [5.41, 5.74) is 2.85. The number of rotatable bonds is 6. The summed E-state index contributed by atoms with van der Waals surface area (Å²) < 4.78 is 11.6. The molecule has 0 N–H and O–H groups in total. The van der Waals surface area contributed by atoms with Gasteiger partial charge in [-0.25, -0.2) is 4.98 Å². The molecule has 0 spiro atoms. The lowest BCUT2D eigenvalue weighted by Crippen LogP contribution is -1.82. The minimum Gasteiger partial charge on any atom is -0.431 e. The van der Waals surface area contributed by atoms with Gasteiger partial charge in [0.1, 0.15) is 5.69 Å². The van der Waals surface area contributed by atoms with Crippen LogP contribution in [0.1, 0.15) is 18.7 Å². The maximum absolute atomic E-state index is 6.07. The fourth-order valence-corrected chi connectivity index (χ4v) is 3.21. The van der Waals surface area contributed by atoms with Crippen molar-refractivity contribution < 1.29 is 8.83 Å². The number of nitrogens with zero attached hydrogens (tertiary/aromatic N) is 3. The van der Waals surface area contributed by atoms with Gasteiger partial charge in [0.15, 0.2) is 5.76 Å². The van der Waals surface area contributed by atoms with Crippen LogP contribution in [-0.4, -0.2) is 15.2 Å². The van der Waals surface area contributed by atoms with Gasteiger partial charge in [-0.3, -0.25) is 0 Å². The second kappa shape index (κ2) is 7.58. The van der Waals surface area contributed by atoms with Crippen molar-refractivity contribution in [3.8, 4) is 22.6 Å². The van der Waals surface area contributed by atoms with E-state index >= 15 is 0 Å². The number of oxazole rings is 1. The van der Waals surface area contributed by atoms with E-state index in [1.807, 2.05) is 67.6 Å². The Labute approximate surface area is 155 Å². The average molecular weight is 363 g/mol. The Morgan fingerprint density at radius 1 is 0.808 bits per heavy atom. The molecule has 130 valence electrons. The number of aromatic nitrogens is 3. The van der Waals surface area contributed by atoms with Crippen molar-refractivity contribution in [2.24, 2.45) is 0 Å². The first-order valence-corrected chi connectivity index (χ1v) is 9.37. The van der Waals surface area contributed by atoms with Gasteiger partial charge in [-0.2, -0.15) is 0 Å². The van der Waals surface area contributed by atoms with E-state index < -0.39 is 0 Å². The summed E-state index contributed by atoms with van der Waals surface area (Å²) in [5.74, 6) is 2.50. The minimum atomic E-state index is 0.524. The molecule has 0 atom stereocenters. The van der Waals surface area contributed by atoms with Crippen LogP contribution in [0.2, 0.25) is 0 Å². The van der Waals surface area contributed by atoms with Crippen LogP contribution in [0.5, 0.6) is 0 Å². The van der Waals surface area contributed by atoms with Crippen LogP contribution in [0.3, 0.4) is 0 Å². The predicted octanol–water partition coefficient (Wildman–Crippen LogP) is 5.25. The highest BCUT2D eigenvalue weighted by Crippen LogP contribution is 2.36. The highest BCUT2D eigenvalue weighted by Gasteiger charge is 2.18. The molecule has 0 aliphatic carbocycles. The SMILES string of the molecule is CCc1nnc(CSc2nc(-c3ccccc3)c(-c3ccccc3)o2)o1. The largest absolute Gasteiger partial charge is 0.431 e. The molecular formula is C20H17N3O2S. The molecule has 26 heavy (non-hydrogen) atoms. The summed E-state index contributed by atoms with van der Waals surface area (Å²) in [6.45, 7) is 1.98. The fourth-order valence-electron chi connectivity index (χ4n) is 2.55. The lowest BCUT2D eigenvalue weighted by Gasteiger charge is -2.00. The summed E-state index contributed by atoms with van der Waals surface area (Å²) in [7, 11) is 0. The van der Waals surface area contributed by atoms with E-state index in [2.05, 4.69) is 10.2 Å². The van der Waals surface area contributed by atoms with E-state index in [0.29, 0.717) is 22.8 Å². The molecule has 6 heteroatoms. The normalized spacial score (nSPS) is 11.0. The van der Waals surface area contributed by atoms with E-state index in [0.717, 1.165) is 29.0 Å². The van der Waals surface area contributed by atoms with Crippen molar-refractivity contribution in [1.82, 2.24) is 15.2 Å². The molecular weight excluding hydrogens is 346 g/mol. The van der Waals surface area contributed by atoms with Crippen molar-refractivity contribution in [2.45, 2.75) is 24.3 Å². The first-order valence-electron chi connectivity index (χ1n) is 8.39. The van der Waals surface area contributed by atoms with Crippen LogP contribution in [0.4, 0.5) is 0 Å². The number of hydrogen-bond acceptors (Lipinski definition) is 6. The van der Waals surface area contributed by atoms with Crippen molar-refractivity contribution in [2.75, 3.05) is 0 Å². The third-order valence-electron chi connectivity index (χ3n) is 3.82. The van der Waals surface area contributed by atoms with Gasteiger partial charge >= 0.3 is 0 Å². The van der Waals surface area contributed by atoms with Crippen molar-refractivity contribution in [1.29, 1.82) is 0 Å². The molecule has 0 saturated heterocycles. The predicted molar refractivity (Wildman–Crippen MR) is 101 cm³/mol. The second-order valence-corrected chi connectivity index (χ2v) is 6.55. The molecule has 5 nitrogen and oxygen atoms in total. The molecule has 4 aromatic rings. The van der Waals surface area contributed by atoms with Gasteiger partial charge in [0, 0.05) is 17.5 Å². The topological polar surface area (TPSA) is 65.0 Å². The first-order chi connectivity index (χ1) is 12.8. The van der Waals surface area contributed by atoms with E-state index in [-0.39, 0.29) is 0 Å². The third kappa shape index (κ3) is 3.55. The highest BCUT2D eigenvalue weighted by molar-refractivity contribution is 7.98. The Kier molecular flexibility index (Phi) is 4.84. The van der Waals surface area contributed by atoms with Gasteiger partial charge in [0.05, 0.1) is 5.75 Å². The van der Waals surface area contributed by atoms with E-state index in [9.17, 15) is 0 Å². The molecule has 0 amide bonds. The summed E-state index contributed by atoms with van der Waals surface area (Å²) in [4.78, 5) is 4.71. The highest BCUT2D eigenvalue weighted by atomic mass is 32.2. The lowest BCUT2D eigenvalue weighted by molar-refractivity contribution is 0.458. The summed E-state index contributed by atoms with van der Waals surface area (Å²) in [5, 5.41) is 8.61. The van der Waals surface area contributed by atoms with Crippen molar-refractivity contribution in [3.63, 3.8) is 0 Å². The molecule has 2 heterocycles. The molecule has 0 aliphatic heterocycles. The number of thioether (sulfide) groups is 1. The Bertz CT molecular complexity index is 924. The number of benzene rings is 2. The lowest BCUT2D eigenvalue weighted by atomic mass is 10.1. The molecule has 0 saturated carbocycles. The molecule has 0 fully saturated rings. The second-order valence-electron chi connectivity index (χ2n) is 5.62. The van der Waals surface area contributed by atoms with Crippen molar-refractivity contribution >= 4 is 11.8 Å². The zero-order valence-corrected chi connectivity index (χ0v) is 15.1. The van der Waals surface area contributed by atoms with Gasteiger partial charge in [0.25, 0.3) is 5.22 Å². The summed E-state index contributed by atoms with van der Waals surface area (Å²) >= 11 is 1.45. The Balaban J connectivity index is 1.65. The number of hydrogen-bond donors (Lipinski definition) is 0. The molecule has 4 rings (SSSR count). The van der Waals surface area contributed by atoms with E-state index in [4.69, 9.17) is 13.8 Å². The maximum Gasteiger partial charge on any atom is 0.257 e. The standard InChI is InChI=1S/C20H17N3O2S/c1-2-16-22-23-17(24-16)13-26-20-21-18(14-9-5-3-6-10-14)19(25-20)15-11-7-4-8-12-15/h3-12H,2,13H2,1H3. The average Bonchev–Trinajstić information content (AvgIpc) is 3.35. The fraction of sp³-hybridized carbons (Fsp3) is 0.150. The smallest absolute Gasteiger partial charge is 0.257 e. The minimum absolute atomic E-state index is 0.524. The Morgan fingerprint density at radius 2 is 1.46 bits per heavy atom. The van der Waals surface area contributed by atoms with Crippen LogP contribution in [-0.2, 0) is 12.2 Å². The van der Waals surface area contributed by atoms with Gasteiger partial charge < -0.3 is 8.83 Å². The molecule has 2 aromatic carbocycles. The molecule has 0 radical (unpaired) electrons. The van der Waals surface area contributed by atoms with Gasteiger partial charge in [-0.15, -0.1) is 10.2 Å². The Hall–Kier alpha value is -2.86. The molecule has 0 aliphatic rings. The quantitative estimate of drug-likeness (QED) is 0.436. The van der Waals surface area contributed by atoms with Crippen LogP contribution >= 0.6 is 11.8 Å². The summed E-state index contributed by atoms with van der Waals surface area (Å²) in [6.07, 6.45) is 0.729. The van der Waals surface area contributed by atoms with Crippen LogP contribution < -0.4 is 0 Å². The molecule has 0 unspecified atom stereocenters. The van der Waals surface area contributed by atoms with E-state index in [1.54, 1.807) is 0 Å². The number of aryl methyl sites for hydroxylation is 1. The van der Waals surface area contributed by atoms with Gasteiger partial charge in [0.2, 0.25) is 11.8 Å². The van der Waals surface area contributed by atoms with Gasteiger partial charge in [-0.05, 0) is 0 Å². The van der Waals surface area contributed by atoms with Crippen LogP contribution in [0, 0.1) is 0 Å². The maximum atomic E-state index is 6.07. The zero-order chi connectivity index (χ0) is 17.8. The van der Waals surface area contributed by atoms with Gasteiger partial charge in [-0.1, -0.05) is 79.3 Å². The van der Waals surface area contributed by atoms with Crippen LogP contribution in [0.15, 0.2) is 74.7 Å². The van der Waals surface area contributed by atoms with Crippen LogP contribution in [0.25, 0.3) is 22.6 Å². The van der Waals surface area contributed by atoms with E-state index in [1.165, 1.54) is 11.8 Å². The monoisotopic (exact) mass is 363 g/mol. The Morgan fingerprint density at radius 3 is 2.12 bits per heavy atom. The summed E-state index contributed by atoms with van der Waals surface area (Å²) in [6, 6.07) is 20.1. The zero-order valence-electron chi connectivity index (χ0n) is 14.3. The molecule has 0 bridgehead atoms.